The van der Waals surface area contributed by atoms with Gasteiger partial charge >= 0.3 is 5.97 Å². The number of fused-ring (bicyclic) bond motifs is 1. The second-order valence-corrected chi connectivity index (χ2v) is 8.83. The first-order valence-corrected chi connectivity index (χ1v) is 11.2. The molecule has 0 spiro atoms. The van der Waals surface area contributed by atoms with Crippen molar-refractivity contribution in [3.05, 3.63) is 51.0 Å². The number of ether oxygens (including phenoxy) is 1. The van der Waals surface area contributed by atoms with Crippen molar-refractivity contribution in [1.82, 2.24) is 10.2 Å². The summed E-state index contributed by atoms with van der Waals surface area (Å²) in [4.78, 5) is 13.3. The molecule has 0 atom stereocenters. The molecule has 0 bridgehead atoms. The number of piperidine rings is 1. The zero-order valence-corrected chi connectivity index (χ0v) is 19.5. The Kier molecular flexibility index (Phi) is 6.79. The molecule has 7 nitrogen and oxygen atoms in total. The van der Waals surface area contributed by atoms with Crippen LogP contribution < -0.4 is 15.0 Å². The van der Waals surface area contributed by atoms with Crippen LogP contribution in [0.15, 0.2) is 30.3 Å². The lowest BCUT2D eigenvalue weighted by molar-refractivity contribution is -0.142. The molecule has 1 fully saturated rings. The van der Waals surface area contributed by atoms with Gasteiger partial charge in [-0.2, -0.15) is 0 Å². The highest BCUT2D eigenvalue weighted by Gasteiger charge is 2.27. The SMILES string of the molecule is COc1ccc(CNc2nnc(N3CCC(C(=O)O)CC3)c3cc(Cl)c(Cl)cc23)cc1Cl. The van der Waals surface area contributed by atoms with E-state index in [9.17, 15) is 9.90 Å². The van der Waals surface area contributed by atoms with Crippen molar-refractivity contribution in [2.24, 2.45) is 5.92 Å². The molecule has 4 rings (SSSR count). The van der Waals surface area contributed by atoms with Crippen LogP contribution in [0, 0.1) is 5.92 Å². The maximum absolute atomic E-state index is 11.3. The lowest BCUT2D eigenvalue weighted by Crippen LogP contribution is -2.37. The summed E-state index contributed by atoms with van der Waals surface area (Å²) in [5.41, 5.74) is 0.950. The normalized spacial score (nSPS) is 14.6. The van der Waals surface area contributed by atoms with Crippen LogP contribution in [0.3, 0.4) is 0 Å². The van der Waals surface area contributed by atoms with E-state index in [1.54, 1.807) is 19.2 Å². The number of aromatic nitrogens is 2. The van der Waals surface area contributed by atoms with E-state index in [1.165, 1.54) is 0 Å². The number of nitrogens with one attached hydrogen (secondary N) is 1. The van der Waals surface area contributed by atoms with E-state index in [0.717, 1.165) is 16.3 Å². The second-order valence-electron chi connectivity index (χ2n) is 7.61. The minimum Gasteiger partial charge on any atom is -0.495 e. The summed E-state index contributed by atoms with van der Waals surface area (Å²) in [6.07, 6.45) is 1.11. The first kappa shape index (κ1) is 22.7. The smallest absolute Gasteiger partial charge is 0.306 e. The van der Waals surface area contributed by atoms with Crippen molar-refractivity contribution in [2.75, 3.05) is 30.4 Å². The summed E-state index contributed by atoms with van der Waals surface area (Å²) in [6, 6.07) is 9.10. The van der Waals surface area contributed by atoms with Crippen LogP contribution in [0.25, 0.3) is 10.8 Å². The van der Waals surface area contributed by atoms with Crippen molar-refractivity contribution in [3.63, 3.8) is 0 Å². The lowest BCUT2D eigenvalue weighted by atomic mass is 9.97. The third-order valence-corrected chi connectivity index (χ3v) is 6.64. The number of rotatable bonds is 6. The third-order valence-electron chi connectivity index (χ3n) is 5.62. The fraction of sp³-hybridized carbons (Fsp3) is 0.318. The van der Waals surface area contributed by atoms with Gasteiger partial charge in [-0.1, -0.05) is 40.9 Å². The number of halogens is 3. The van der Waals surface area contributed by atoms with Crippen LogP contribution in [-0.4, -0.2) is 41.5 Å². The molecule has 1 saturated heterocycles. The van der Waals surface area contributed by atoms with Crippen LogP contribution >= 0.6 is 34.8 Å². The number of hydrogen-bond donors (Lipinski definition) is 2. The Hall–Kier alpha value is -2.48. The van der Waals surface area contributed by atoms with Crippen LogP contribution in [0.1, 0.15) is 18.4 Å². The summed E-state index contributed by atoms with van der Waals surface area (Å²) < 4.78 is 5.20. The highest BCUT2D eigenvalue weighted by molar-refractivity contribution is 6.43. The molecule has 10 heteroatoms. The van der Waals surface area contributed by atoms with E-state index in [1.807, 2.05) is 23.1 Å². The highest BCUT2D eigenvalue weighted by atomic mass is 35.5. The van der Waals surface area contributed by atoms with Gasteiger partial charge < -0.3 is 20.1 Å². The number of anilines is 2. The molecule has 1 aromatic heterocycles. The molecule has 0 radical (unpaired) electrons. The fourth-order valence-electron chi connectivity index (χ4n) is 3.84. The Bertz CT molecular complexity index is 1170. The van der Waals surface area contributed by atoms with Crippen LogP contribution in [-0.2, 0) is 11.3 Å². The molecule has 2 aromatic carbocycles. The molecule has 0 aliphatic carbocycles. The van der Waals surface area contributed by atoms with E-state index in [4.69, 9.17) is 39.5 Å². The number of hydrogen-bond acceptors (Lipinski definition) is 6. The summed E-state index contributed by atoms with van der Waals surface area (Å²) in [5, 5.41) is 24.4. The van der Waals surface area contributed by atoms with Gasteiger partial charge in [0.2, 0.25) is 0 Å². The number of carboxylic acids is 1. The molecular weight excluding hydrogens is 475 g/mol. The molecule has 0 amide bonds. The van der Waals surface area contributed by atoms with Gasteiger partial charge in [-0.25, -0.2) is 0 Å². The zero-order chi connectivity index (χ0) is 22.8. The van der Waals surface area contributed by atoms with Crippen molar-refractivity contribution in [3.8, 4) is 5.75 Å². The lowest BCUT2D eigenvalue weighted by Gasteiger charge is -2.31. The maximum atomic E-state index is 11.3. The van der Waals surface area contributed by atoms with Gasteiger partial charge in [0.15, 0.2) is 11.6 Å². The van der Waals surface area contributed by atoms with Gasteiger partial charge in [0, 0.05) is 30.4 Å². The zero-order valence-electron chi connectivity index (χ0n) is 17.2. The van der Waals surface area contributed by atoms with Crippen LogP contribution in [0.5, 0.6) is 5.75 Å². The predicted molar refractivity (Wildman–Crippen MR) is 127 cm³/mol. The molecule has 2 N–H and O–H groups in total. The number of benzene rings is 2. The molecule has 0 saturated carbocycles. The van der Waals surface area contributed by atoms with E-state index >= 15 is 0 Å². The summed E-state index contributed by atoms with van der Waals surface area (Å²) >= 11 is 18.8. The average molecular weight is 496 g/mol. The Morgan fingerprint density at radius 1 is 1.09 bits per heavy atom. The minimum absolute atomic E-state index is 0.333. The molecule has 0 unspecified atom stereocenters. The molecule has 2 heterocycles. The van der Waals surface area contributed by atoms with Crippen molar-refractivity contribution >= 4 is 63.2 Å². The number of aliphatic carboxylic acids is 1. The quantitative estimate of drug-likeness (QED) is 0.466. The Morgan fingerprint density at radius 2 is 1.78 bits per heavy atom. The number of carboxylic acid groups (broad SMARTS) is 1. The van der Waals surface area contributed by atoms with Gasteiger partial charge in [-0.3, -0.25) is 4.79 Å². The Labute approximate surface area is 200 Å². The van der Waals surface area contributed by atoms with E-state index in [0.29, 0.717) is 64.9 Å². The Balaban J connectivity index is 1.63. The van der Waals surface area contributed by atoms with Gasteiger partial charge in [0.1, 0.15) is 5.75 Å². The second kappa shape index (κ2) is 9.57. The van der Waals surface area contributed by atoms with Crippen LogP contribution in [0.4, 0.5) is 11.6 Å². The third kappa shape index (κ3) is 4.65. The number of carbonyl (C=O) groups is 1. The summed E-state index contributed by atoms with van der Waals surface area (Å²) in [5.74, 6) is 0.752. The van der Waals surface area contributed by atoms with Crippen LogP contribution in [0.2, 0.25) is 15.1 Å². The standard InChI is InChI=1S/C22H21Cl3N4O3/c1-32-19-3-2-12(8-18(19)25)11-26-20-14-9-16(23)17(24)10-15(14)21(28-27-20)29-6-4-13(5-7-29)22(30)31/h2-3,8-10,13H,4-7,11H2,1H3,(H,26,27)(H,30,31). The highest BCUT2D eigenvalue weighted by Crippen LogP contribution is 2.36. The fourth-order valence-corrected chi connectivity index (χ4v) is 4.45. The van der Waals surface area contributed by atoms with Crippen molar-refractivity contribution in [2.45, 2.75) is 19.4 Å². The summed E-state index contributed by atoms with van der Waals surface area (Å²) in [6.45, 7) is 1.63. The topological polar surface area (TPSA) is 87.6 Å². The molecular formula is C22H21Cl3N4O3. The van der Waals surface area contributed by atoms with Gasteiger partial charge in [0.05, 0.1) is 28.1 Å². The summed E-state index contributed by atoms with van der Waals surface area (Å²) in [7, 11) is 1.57. The maximum Gasteiger partial charge on any atom is 0.306 e. The first-order valence-electron chi connectivity index (χ1n) is 10.1. The van der Waals surface area contributed by atoms with Gasteiger partial charge in [-0.15, -0.1) is 10.2 Å². The van der Waals surface area contributed by atoms with E-state index in [-0.39, 0.29) is 5.92 Å². The largest absolute Gasteiger partial charge is 0.495 e. The predicted octanol–water partition coefficient (Wildman–Crippen LogP) is 5.51. The molecule has 168 valence electrons. The molecule has 32 heavy (non-hydrogen) atoms. The number of nitrogens with zero attached hydrogens (tertiary/aromatic N) is 3. The molecule has 1 aliphatic heterocycles. The number of methoxy groups -OCH3 is 1. The average Bonchev–Trinajstić information content (AvgIpc) is 2.78. The first-order chi connectivity index (χ1) is 15.4. The molecule has 1 aliphatic rings. The van der Waals surface area contributed by atoms with E-state index in [2.05, 4.69) is 15.5 Å². The van der Waals surface area contributed by atoms with E-state index < -0.39 is 5.97 Å². The van der Waals surface area contributed by atoms with Crippen molar-refractivity contribution < 1.29 is 14.6 Å². The minimum atomic E-state index is -0.756. The van der Waals surface area contributed by atoms with Crippen molar-refractivity contribution in [1.29, 1.82) is 0 Å². The molecule has 3 aromatic rings. The van der Waals surface area contributed by atoms with Gasteiger partial charge in [0.25, 0.3) is 0 Å². The van der Waals surface area contributed by atoms with Gasteiger partial charge in [-0.05, 0) is 42.7 Å². The Morgan fingerprint density at radius 3 is 2.41 bits per heavy atom. The monoisotopic (exact) mass is 494 g/mol.